The van der Waals surface area contributed by atoms with Crippen molar-refractivity contribution in [3.8, 4) is 0 Å². The van der Waals surface area contributed by atoms with Gasteiger partial charge in [-0.05, 0) is 38.0 Å². The Hall–Kier alpha value is -0.250. The Kier molecular flexibility index (Phi) is 6.16. The van der Waals surface area contributed by atoms with Crippen molar-refractivity contribution in [1.29, 1.82) is 0 Å². The third-order valence-corrected chi connectivity index (χ3v) is 7.38. The first kappa shape index (κ1) is 18.5. The Morgan fingerprint density at radius 3 is 2.50 bits per heavy atom. The maximum absolute atomic E-state index is 11.7. The quantitative estimate of drug-likeness (QED) is 0.621. The summed E-state index contributed by atoms with van der Waals surface area (Å²) in [4.78, 5) is 0. The molecule has 2 saturated heterocycles. The van der Waals surface area contributed by atoms with Crippen LogP contribution < -0.4 is 16.1 Å². The first-order chi connectivity index (χ1) is 11.4. The molecule has 0 aromatic heterocycles. The number of nitrogens with one attached hydrogen (secondary N) is 3. The van der Waals surface area contributed by atoms with Crippen molar-refractivity contribution in [3.63, 3.8) is 0 Å². The average molecular weight is 361 g/mol. The van der Waals surface area contributed by atoms with Gasteiger partial charge in [0, 0.05) is 45.0 Å². The molecule has 0 spiro atoms. The molecule has 24 heavy (non-hydrogen) atoms. The average Bonchev–Trinajstić information content (AvgIpc) is 2.98. The van der Waals surface area contributed by atoms with Crippen LogP contribution in [0.2, 0.25) is 0 Å². The molecule has 0 amide bonds. The fourth-order valence-corrected chi connectivity index (χ4v) is 5.33. The number of piperazine rings is 1. The Balaban J connectivity index is 1.42. The van der Waals surface area contributed by atoms with Crippen LogP contribution in [0.25, 0.3) is 0 Å². The van der Waals surface area contributed by atoms with Crippen LogP contribution in [0.4, 0.5) is 0 Å². The maximum Gasteiger partial charge on any atom is 0.150 e. The van der Waals surface area contributed by atoms with Crippen LogP contribution in [-0.2, 0) is 14.6 Å². The van der Waals surface area contributed by atoms with Gasteiger partial charge in [-0.3, -0.25) is 10.7 Å². The third-order valence-electron chi connectivity index (χ3n) is 5.70. The third kappa shape index (κ3) is 4.89. The summed E-state index contributed by atoms with van der Waals surface area (Å²) in [6.45, 7) is 3.56. The Morgan fingerprint density at radius 1 is 1.12 bits per heavy atom. The lowest BCUT2D eigenvalue weighted by Gasteiger charge is -2.39. The minimum absolute atomic E-state index is 0.0455. The van der Waals surface area contributed by atoms with E-state index in [4.69, 9.17) is 4.74 Å². The standard InChI is InChI=1S/C16H32N4O3S/c1-20-8-7-13(19-20)11-23-16-10-17-9-15(18-16)12-3-5-14(6-4-12)24(2,21)22/h12-19H,3-11H2,1-2H3. The van der Waals surface area contributed by atoms with Crippen LogP contribution in [0.5, 0.6) is 0 Å². The van der Waals surface area contributed by atoms with Gasteiger partial charge in [0.05, 0.1) is 11.9 Å². The van der Waals surface area contributed by atoms with Crippen LogP contribution in [0.1, 0.15) is 32.1 Å². The van der Waals surface area contributed by atoms with Crippen molar-refractivity contribution in [3.05, 3.63) is 0 Å². The van der Waals surface area contributed by atoms with Gasteiger partial charge in [-0.2, -0.15) is 0 Å². The van der Waals surface area contributed by atoms with Gasteiger partial charge in [-0.15, -0.1) is 0 Å². The van der Waals surface area contributed by atoms with Gasteiger partial charge in [0.25, 0.3) is 0 Å². The van der Waals surface area contributed by atoms with E-state index < -0.39 is 9.84 Å². The number of hydrogen-bond donors (Lipinski definition) is 3. The first-order valence-electron chi connectivity index (χ1n) is 9.16. The zero-order valence-electron chi connectivity index (χ0n) is 14.8. The normalized spacial score (nSPS) is 39.2. The topological polar surface area (TPSA) is 82.7 Å². The SMILES string of the molecule is CN1CCC(COC2CNCC(C3CCC(S(C)(=O)=O)CC3)N2)N1. The highest BCUT2D eigenvalue weighted by molar-refractivity contribution is 7.91. The summed E-state index contributed by atoms with van der Waals surface area (Å²) in [6, 6.07) is 0.783. The Morgan fingerprint density at radius 2 is 1.88 bits per heavy atom. The molecule has 2 aliphatic heterocycles. The van der Waals surface area contributed by atoms with E-state index in [0.29, 0.717) is 18.0 Å². The van der Waals surface area contributed by atoms with Gasteiger partial charge < -0.3 is 10.1 Å². The zero-order valence-corrected chi connectivity index (χ0v) is 15.6. The lowest BCUT2D eigenvalue weighted by Crippen LogP contribution is -2.59. The van der Waals surface area contributed by atoms with Crippen molar-refractivity contribution < 1.29 is 13.2 Å². The smallest absolute Gasteiger partial charge is 0.150 e. The molecule has 8 heteroatoms. The van der Waals surface area contributed by atoms with Gasteiger partial charge >= 0.3 is 0 Å². The number of hydrogen-bond acceptors (Lipinski definition) is 7. The second-order valence-electron chi connectivity index (χ2n) is 7.66. The van der Waals surface area contributed by atoms with E-state index in [0.717, 1.165) is 58.3 Å². The van der Waals surface area contributed by atoms with Crippen LogP contribution in [0, 0.1) is 5.92 Å². The van der Waals surface area contributed by atoms with Crippen molar-refractivity contribution in [2.24, 2.45) is 5.92 Å². The van der Waals surface area contributed by atoms with E-state index >= 15 is 0 Å². The number of hydrazine groups is 1. The second kappa shape index (κ2) is 7.97. The number of ether oxygens (including phenoxy) is 1. The molecule has 0 bridgehead atoms. The molecule has 0 aromatic rings. The molecule has 3 rings (SSSR count). The summed E-state index contributed by atoms with van der Waals surface area (Å²) in [6.07, 6.45) is 6.10. The number of rotatable bonds is 5. The van der Waals surface area contributed by atoms with E-state index in [2.05, 4.69) is 28.1 Å². The lowest BCUT2D eigenvalue weighted by molar-refractivity contribution is -0.0115. The molecule has 2 heterocycles. The summed E-state index contributed by atoms with van der Waals surface area (Å²) < 4.78 is 29.4. The first-order valence-corrected chi connectivity index (χ1v) is 11.1. The molecule has 3 atom stereocenters. The molecular weight excluding hydrogens is 328 g/mol. The van der Waals surface area contributed by atoms with Crippen molar-refractivity contribution in [2.45, 2.75) is 55.7 Å². The van der Waals surface area contributed by atoms with E-state index in [1.807, 2.05) is 0 Å². The monoisotopic (exact) mass is 360 g/mol. The summed E-state index contributed by atoms with van der Waals surface area (Å²) >= 11 is 0. The summed E-state index contributed by atoms with van der Waals surface area (Å²) in [5.41, 5.74) is 3.39. The summed E-state index contributed by atoms with van der Waals surface area (Å²) in [5, 5.41) is 9.09. The molecule has 0 radical (unpaired) electrons. The molecule has 3 unspecified atom stereocenters. The second-order valence-corrected chi connectivity index (χ2v) is 9.98. The van der Waals surface area contributed by atoms with Gasteiger partial charge in [0.15, 0.2) is 0 Å². The Bertz CT molecular complexity index is 507. The molecule has 1 saturated carbocycles. The lowest BCUT2D eigenvalue weighted by atomic mass is 9.83. The van der Waals surface area contributed by atoms with Crippen LogP contribution in [-0.4, -0.2) is 76.5 Å². The van der Waals surface area contributed by atoms with Gasteiger partial charge in [-0.25, -0.2) is 13.4 Å². The van der Waals surface area contributed by atoms with Crippen LogP contribution in [0.3, 0.4) is 0 Å². The molecular formula is C16H32N4O3S. The van der Waals surface area contributed by atoms with E-state index in [-0.39, 0.29) is 11.5 Å². The van der Waals surface area contributed by atoms with E-state index in [1.54, 1.807) is 0 Å². The predicted octanol–water partition coefficient (Wildman–Crippen LogP) is -0.297. The maximum atomic E-state index is 11.7. The van der Waals surface area contributed by atoms with Gasteiger partial charge in [0.2, 0.25) is 0 Å². The largest absolute Gasteiger partial charge is 0.360 e. The van der Waals surface area contributed by atoms with Crippen molar-refractivity contribution in [2.75, 3.05) is 39.5 Å². The Labute approximate surface area is 145 Å². The highest BCUT2D eigenvalue weighted by Gasteiger charge is 2.34. The van der Waals surface area contributed by atoms with Crippen molar-refractivity contribution >= 4 is 9.84 Å². The molecule has 3 aliphatic rings. The minimum atomic E-state index is -2.89. The highest BCUT2D eigenvalue weighted by Crippen LogP contribution is 2.30. The summed E-state index contributed by atoms with van der Waals surface area (Å²) in [7, 11) is -0.826. The molecule has 1 aliphatic carbocycles. The molecule has 0 aromatic carbocycles. The van der Waals surface area contributed by atoms with E-state index in [9.17, 15) is 8.42 Å². The fourth-order valence-electron chi connectivity index (χ4n) is 4.20. The summed E-state index contributed by atoms with van der Waals surface area (Å²) in [5.74, 6) is 0.539. The molecule has 3 fully saturated rings. The van der Waals surface area contributed by atoms with Crippen LogP contribution in [0.15, 0.2) is 0 Å². The molecule has 7 nitrogen and oxygen atoms in total. The number of nitrogens with zero attached hydrogens (tertiary/aromatic N) is 1. The van der Waals surface area contributed by atoms with Gasteiger partial charge in [0.1, 0.15) is 16.1 Å². The van der Waals surface area contributed by atoms with E-state index in [1.165, 1.54) is 6.26 Å². The van der Waals surface area contributed by atoms with Crippen LogP contribution >= 0.6 is 0 Å². The number of sulfone groups is 1. The zero-order chi connectivity index (χ0) is 17.2. The highest BCUT2D eigenvalue weighted by atomic mass is 32.2. The minimum Gasteiger partial charge on any atom is -0.360 e. The molecule has 140 valence electrons. The predicted molar refractivity (Wildman–Crippen MR) is 94.3 cm³/mol. The molecule has 3 N–H and O–H groups in total. The fraction of sp³-hybridized carbons (Fsp3) is 1.00. The van der Waals surface area contributed by atoms with Gasteiger partial charge in [-0.1, -0.05) is 0 Å². The van der Waals surface area contributed by atoms with Crippen molar-refractivity contribution in [1.82, 2.24) is 21.1 Å².